The molecule has 0 spiro atoms. The molecule has 0 bridgehead atoms. The van der Waals surface area contributed by atoms with Gasteiger partial charge in [-0.3, -0.25) is 0 Å². The number of alkyl halides is 1. The number of carbonyl (C=O) groups excluding carboxylic acids is 1. The highest BCUT2D eigenvalue weighted by molar-refractivity contribution is 6.33. The molecule has 4 nitrogen and oxygen atoms in total. The molecule has 1 aromatic carbocycles. The van der Waals surface area contributed by atoms with Crippen molar-refractivity contribution < 1.29 is 9.53 Å². The molecule has 0 radical (unpaired) electrons. The van der Waals surface area contributed by atoms with E-state index in [-0.39, 0.29) is 17.8 Å². The van der Waals surface area contributed by atoms with Crippen molar-refractivity contribution in [2.75, 3.05) is 5.88 Å². The lowest BCUT2D eigenvalue weighted by molar-refractivity contribution is 0.0378. The second-order valence-corrected chi connectivity index (χ2v) is 4.53. The van der Waals surface area contributed by atoms with E-state index in [2.05, 4.69) is 4.99 Å². The van der Waals surface area contributed by atoms with Crippen LogP contribution in [0.2, 0.25) is 5.02 Å². The molecule has 1 rings (SSSR count). The monoisotopic (exact) mass is 288 g/mol. The number of aliphatic imine (C=N–C) groups is 1. The van der Waals surface area contributed by atoms with Crippen LogP contribution in [-0.2, 0) is 4.74 Å². The Kier molecular flexibility index (Phi) is 5.44. The van der Waals surface area contributed by atoms with Crippen molar-refractivity contribution in [2.24, 2.45) is 10.7 Å². The standard InChI is InChI=1S/C12H14Cl2N2O2/c1-7(2)18-12(17)8-3-4-9(14)10(5-8)16-11(15)6-13/h3-5,7H,6H2,1-2H3,(H2,15,16). The highest BCUT2D eigenvalue weighted by Gasteiger charge is 2.11. The normalized spacial score (nSPS) is 11.7. The van der Waals surface area contributed by atoms with Gasteiger partial charge in [0, 0.05) is 0 Å². The van der Waals surface area contributed by atoms with Gasteiger partial charge in [0.25, 0.3) is 0 Å². The summed E-state index contributed by atoms with van der Waals surface area (Å²) in [6.45, 7) is 3.55. The molecule has 0 aliphatic carbocycles. The third-order valence-electron chi connectivity index (χ3n) is 1.93. The minimum atomic E-state index is -0.428. The van der Waals surface area contributed by atoms with E-state index in [1.165, 1.54) is 6.07 Å². The lowest BCUT2D eigenvalue weighted by Gasteiger charge is -2.08. The van der Waals surface area contributed by atoms with Gasteiger partial charge in [-0.15, -0.1) is 11.6 Å². The Morgan fingerprint density at radius 1 is 1.50 bits per heavy atom. The number of hydrogen-bond donors (Lipinski definition) is 1. The first kappa shape index (κ1) is 14.8. The number of nitrogens with zero attached hydrogens (tertiary/aromatic N) is 1. The fourth-order valence-corrected chi connectivity index (χ4v) is 1.41. The lowest BCUT2D eigenvalue weighted by Crippen LogP contribution is -2.13. The Morgan fingerprint density at radius 3 is 2.72 bits per heavy atom. The number of carbonyl (C=O) groups is 1. The number of halogens is 2. The van der Waals surface area contributed by atoms with E-state index in [1.807, 2.05) is 0 Å². The van der Waals surface area contributed by atoms with Crippen LogP contribution in [0.3, 0.4) is 0 Å². The van der Waals surface area contributed by atoms with Crippen LogP contribution in [-0.4, -0.2) is 23.8 Å². The topological polar surface area (TPSA) is 64.7 Å². The maximum atomic E-state index is 11.7. The Labute approximate surface area is 116 Å². The third-order valence-corrected chi connectivity index (χ3v) is 2.52. The smallest absolute Gasteiger partial charge is 0.338 e. The Balaban J connectivity index is 3.04. The maximum Gasteiger partial charge on any atom is 0.338 e. The minimum Gasteiger partial charge on any atom is -0.459 e. The number of amidine groups is 1. The van der Waals surface area contributed by atoms with Crippen molar-refractivity contribution in [3.8, 4) is 0 Å². The van der Waals surface area contributed by atoms with E-state index in [0.29, 0.717) is 16.3 Å². The average Bonchev–Trinajstić information content (AvgIpc) is 2.30. The number of nitrogens with two attached hydrogens (primary N) is 1. The minimum absolute atomic E-state index is 0.0942. The zero-order valence-corrected chi connectivity index (χ0v) is 11.6. The second-order valence-electron chi connectivity index (χ2n) is 3.86. The highest BCUT2D eigenvalue weighted by Crippen LogP contribution is 2.26. The van der Waals surface area contributed by atoms with Crippen molar-refractivity contribution in [3.05, 3.63) is 28.8 Å². The van der Waals surface area contributed by atoms with Crippen LogP contribution >= 0.6 is 23.2 Å². The molecule has 0 fully saturated rings. The van der Waals surface area contributed by atoms with Crippen LogP contribution in [0.5, 0.6) is 0 Å². The molecule has 0 atom stereocenters. The molecule has 0 aliphatic heterocycles. The van der Waals surface area contributed by atoms with Crippen LogP contribution in [0.1, 0.15) is 24.2 Å². The van der Waals surface area contributed by atoms with E-state index in [9.17, 15) is 4.79 Å². The molecular formula is C12H14Cl2N2O2. The highest BCUT2D eigenvalue weighted by atomic mass is 35.5. The molecule has 98 valence electrons. The summed E-state index contributed by atoms with van der Waals surface area (Å²) in [4.78, 5) is 15.7. The first-order valence-corrected chi connectivity index (χ1v) is 6.24. The Hall–Kier alpha value is -1.26. The molecule has 1 aromatic rings. The third kappa shape index (κ3) is 4.20. The van der Waals surface area contributed by atoms with Crippen molar-refractivity contribution >= 4 is 40.7 Å². The molecular weight excluding hydrogens is 275 g/mol. The molecule has 0 unspecified atom stereocenters. The largest absolute Gasteiger partial charge is 0.459 e. The maximum absolute atomic E-state index is 11.7. The Bertz CT molecular complexity index is 473. The van der Waals surface area contributed by atoms with Gasteiger partial charge in [-0.1, -0.05) is 11.6 Å². The first-order chi connectivity index (χ1) is 8.43. The van der Waals surface area contributed by atoms with Crippen LogP contribution in [0.15, 0.2) is 23.2 Å². The first-order valence-electron chi connectivity index (χ1n) is 5.33. The summed E-state index contributed by atoms with van der Waals surface area (Å²) in [7, 11) is 0. The van der Waals surface area contributed by atoms with E-state index in [1.54, 1.807) is 26.0 Å². The summed E-state index contributed by atoms with van der Waals surface area (Å²) in [5.74, 6) is -0.104. The van der Waals surface area contributed by atoms with E-state index < -0.39 is 5.97 Å². The molecule has 0 saturated heterocycles. The predicted molar refractivity (Wildman–Crippen MR) is 74.0 cm³/mol. The van der Waals surface area contributed by atoms with Crippen molar-refractivity contribution in [1.82, 2.24) is 0 Å². The summed E-state index contributed by atoms with van der Waals surface area (Å²) >= 11 is 11.5. The fraction of sp³-hybridized carbons (Fsp3) is 0.333. The zero-order valence-electron chi connectivity index (χ0n) is 10.1. The summed E-state index contributed by atoms with van der Waals surface area (Å²) in [5.41, 5.74) is 6.29. The molecule has 0 aromatic heterocycles. The van der Waals surface area contributed by atoms with Gasteiger partial charge < -0.3 is 10.5 Å². The quantitative estimate of drug-likeness (QED) is 0.401. The van der Waals surface area contributed by atoms with Gasteiger partial charge in [-0.2, -0.15) is 0 Å². The van der Waals surface area contributed by atoms with E-state index in [0.717, 1.165) is 0 Å². The molecule has 2 N–H and O–H groups in total. The van der Waals surface area contributed by atoms with Crippen LogP contribution in [0.25, 0.3) is 0 Å². The molecule has 0 amide bonds. The van der Waals surface area contributed by atoms with E-state index >= 15 is 0 Å². The lowest BCUT2D eigenvalue weighted by atomic mass is 10.2. The predicted octanol–water partition coefficient (Wildman–Crippen LogP) is 3.13. The van der Waals surface area contributed by atoms with Gasteiger partial charge in [0.15, 0.2) is 0 Å². The van der Waals surface area contributed by atoms with Gasteiger partial charge in [-0.25, -0.2) is 9.79 Å². The van der Waals surface area contributed by atoms with Crippen molar-refractivity contribution in [1.29, 1.82) is 0 Å². The van der Waals surface area contributed by atoms with Crippen molar-refractivity contribution in [3.63, 3.8) is 0 Å². The fourth-order valence-electron chi connectivity index (χ4n) is 1.19. The van der Waals surface area contributed by atoms with Crippen LogP contribution in [0, 0.1) is 0 Å². The van der Waals surface area contributed by atoms with Crippen LogP contribution in [0.4, 0.5) is 5.69 Å². The molecule has 0 saturated carbocycles. The average molecular weight is 289 g/mol. The summed E-state index contributed by atoms with van der Waals surface area (Å²) < 4.78 is 5.07. The summed E-state index contributed by atoms with van der Waals surface area (Å²) in [5, 5.41) is 0.393. The summed E-state index contributed by atoms with van der Waals surface area (Å²) in [6.07, 6.45) is -0.187. The van der Waals surface area contributed by atoms with Gasteiger partial charge >= 0.3 is 5.97 Å². The van der Waals surface area contributed by atoms with Gasteiger partial charge in [0.05, 0.1) is 28.3 Å². The number of rotatable bonds is 4. The number of benzene rings is 1. The van der Waals surface area contributed by atoms with Gasteiger partial charge in [0.1, 0.15) is 5.84 Å². The van der Waals surface area contributed by atoms with Gasteiger partial charge in [-0.05, 0) is 32.0 Å². The SMILES string of the molecule is CC(C)OC(=O)c1ccc(Cl)c(N=C(N)CCl)c1. The van der Waals surface area contributed by atoms with Crippen molar-refractivity contribution in [2.45, 2.75) is 20.0 Å². The van der Waals surface area contributed by atoms with Crippen LogP contribution < -0.4 is 5.73 Å². The Morgan fingerprint density at radius 2 is 2.17 bits per heavy atom. The molecule has 0 aliphatic rings. The number of esters is 1. The second kappa shape index (κ2) is 6.61. The zero-order chi connectivity index (χ0) is 13.7. The number of ether oxygens (including phenoxy) is 1. The molecule has 6 heteroatoms. The number of hydrogen-bond acceptors (Lipinski definition) is 3. The summed E-state index contributed by atoms with van der Waals surface area (Å²) in [6, 6.07) is 4.66. The van der Waals surface area contributed by atoms with Gasteiger partial charge in [0.2, 0.25) is 0 Å². The van der Waals surface area contributed by atoms with E-state index in [4.69, 9.17) is 33.7 Å². The molecule has 18 heavy (non-hydrogen) atoms. The molecule has 0 heterocycles.